The van der Waals surface area contributed by atoms with Gasteiger partial charge < -0.3 is 4.42 Å². The van der Waals surface area contributed by atoms with E-state index in [4.69, 9.17) is 4.42 Å². The highest BCUT2D eigenvalue weighted by Crippen LogP contribution is 2.40. The zero-order valence-electron chi connectivity index (χ0n) is 15.8. The number of nitrogens with zero attached hydrogens (tertiary/aromatic N) is 4. The SMILES string of the molecule is O=C1c2ccccc2C(=O)N1CCCSc1nnc(C2CC2)n1Cc1ccco1. The van der Waals surface area contributed by atoms with Gasteiger partial charge in [0.2, 0.25) is 0 Å². The van der Waals surface area contributed by atoms with E-state index in [1.54, 1.807) is 42.3 Å². The van der Waals surface area contributed by atoms with E-state index in [0.29, 0.717) is 36.6 Å². The van der Waals surface area contributed by atoms with E-state index in [2.05, 4.69) is 14.8 Å². The number of hydrogen-bond donors (Lipinski definition) is 0. The monoisotopic (exact) mass is 408 g/mol. The van der Waals surface area contributed by atoms with Crippen LogP contribution in [0.15, 0.2) is 52.2 Å². The van der Waals surface area contributed by atoms with E-state index >= 15 is 0 Å². The molecule has 0 atom stereocenters. The molecule has 1 fully saturated rings. The van der Waals surface area contributed by atoms with Crippen LogP contribution >= 0.6 is 11.8 Å². The summed E-state index contributed by atoms with van der Waals surface area (Å²) in [6.45, 7) is 1.02. The third-order valence-electron chi connectivity index (χ3n) is 5.22. The zero-order chi connectivity index (χ0) is 19.8. The van der Waals surface area contributed by atoms with E-state index in [0.717, 1.165) is 35.3 Å². The van der Waals surface area contributed by atoms with Crippen LogP contribution < -0.4 is 0 Å². The van der Waals surface area contributed by atoms with Gasteiger partial charge in [-0.3, -0.25) is 19.1 Å². The number of rotatable bonds is 8. The molecule has 5 rings (SSSR count). The Morgan fingerprint density at radius 1 is 1.03 bits per heavy atom. The van der Waals surface area contributed by atoms with Crippen LogP contribution in [0.4, 0.5) is 0 Å². The summed E-state index contributed by atoms with van der Waals surface area (Å²) in [7, 11) is 0. The van der Waals surface area contributed by atoms with E-state index in [1.165, 1.54) is 4.90 Å². The lowest BCUT2D eigenvalue weighted by atomic mass is 10.1. The van der Waals surface area contributed by atoms with Gasteiger partial charge >= 0.3 is 0 Å². The lowest BCUT2D eigenvalue weighted by molar-refractivity contribution is 0.0655. The van der Waals surface area contributed by atoms with Crippen molar-refractivity contribution < 1.29 is 14.0 Å². The van der Waals surface area contributed by atoms with Crippen LogP contribution in [-0.4, -0.2) is 43.8 Å². The first-order valence-corrected chi connectivity index (χ1v) is 10.7. The quantitative estimate of drug-likeness (QED) is 0.322. The molecule has 7 nitrogen and oxygen atoms in total. The topological polar surface area (TPSA) is 81.2 Å². The molecule has 2 aliphatic rings. The molecule has 148 valence electrons. The number of imide groups is 1. The fourth-order valence-corrected chi connectivity index (χ4v) is 4.45. The molecular weight excluding hydrogens is 388 g/mol. The average molecular weight is 408 g/mol. The van der Waals surface area contributed by atoms with Gasteiger partial charge in [0.15, 0.2) is 5.16 Å². The van der Waals surface area contributed by atoms with Crippen molar-refractivity contribution in [1.82, 2.24) is 19.7 Å². The van der Waals surface area contributed by atoms with Gasteiger partial charge in [-0.1, -0.05) is 23.9 Å². The summed E-state index contributed by atoms with van der Waals surface area (Å²) in [5.41, 5.74) is 0.995. The number of amides is 2. The molecule has 1 aromatic carbocycles. The Morgan fingerprint density at radius 2 is 1.79 bits per heavy atom. The molecule has 29 heavy (non-hydrogen) atoms. The van der Waals surface area contributed by atoms with Crippen molar-refractivity contribution >= 4 is 23.6 Å². The number of carbonyl (C=O) groups excluding carboxylic acids is 2. The predicted octanol–water partition coefficient (Wildman–Crippen LogP) is 3.58. The molecule has 0 bridgehead atoms. The number of benzene rings is 1. The van der Waals surface area contributed by atoms with Gasteiger partial charge in [0.25, 0.3) is 11.8 Å². The molecule has 3 aromatic rings. The first-order chi connectivity index (χ1) is 14.2. The smallest absolute Gasteiger partial charge is 0.261 e. The zero-order valence-corrected chi connectivity index (χ0v) is 16.6. The summed E-state index contributed by atoms with van der Waals surface area (Å²) in [5, 5.41) is 9.63. The molecule has 0 saturated heterocycles. The summed E-state index contributed by atoms with van der Waals surface area (Å²) in [6.07, 6.45) is 4.68. The van der Waals surface area contributed by atoms with E-state index < -0.39 is 0 Å². The molecule has 3 heterocycles. The van der Waals surface area contributed by atoms with E-state index in [-0.39, 0.29) is 11.8 Å². The van der Waals surface area contributed by atoms with Gasteiger partial charge in [0, 0.05) is 18.2 Å². The summed E-state index contributed by atoms with van der Waals surface area (Å²) in [5.74, 6) is 2.73. The maximum absolute atomic E-state index is 12.4. The van der Waals surface area contributed by atoms with Gasteiger partial charge in [0.1, 0.15) is 11.6 Å². The Hall–Kier alpha value is -2.87. The van der Waals surface area contributed by atoms with Crippen molar-refractivity contribution in [3.63, 3.8) is 0 Å². The van der Waals surface area contributed by atoms with Crippen LogP contribution in [0.25, 0.3) is 0 Å². The first kappa shape index (κ1) is 18.2. The molecule has 0 unspecified atom stereocenters. The maximum Gasteiger partial charge on any atom is 0.261 e. The number of carbonyl (C=O) groups is 2. The molecule has 8 heteroatoms. The predicted molar refractivity (Wildman–Crippen MR) is 107 cm³/mol. The number of fused-ring (bicyclic) bond motifs is 1. The minimum Gasteiger partial charge on any atom is -0.467 e. The van der Waals surface area contributed by atoms with Crippen molar-refractivity contribution in [2.24, 2.45) is 0 Å². The van der Waals surface area contributed by atoms with Crippen LogP contribution in [0.1, 0.15) is 57.5 Å². The second-order valence-corrected chi connectivity index (χ2v) is 8.35. The maximum atomic E-state index is 12.4. The van der Waals surface area contributed by atoms with Crippen molar-refractivity contribution in [2.75, 3.05) is 12.3 Å². The lowest BCUT2D eigenvalue weighted by Gasteiger charge is -2.13. The molecule has 0 N–H and O–H groups in total. The molecule has 0 radical (unpaired) electrons. The number of furan rings is 1. The summed E-state index contributed by atoms with van der Waals surface area (Å²) in [6, 6.07) is 10.8. The van der Waals surface area contributed by atoms with Gasteiger partial charge in [-0.05, 0) is 43.5 Å². The van der Waals surface area contributed by atoms with E-state index in [9.17, 15) is 9.59 Å². The molecule has 0 spiro atoms. The summed E-state index contributed by atoms with van der Waals surface area (Å²) >= 11 is 1.60. The molecule has 1 aliphatic heterocycles. The summed E-state index contributed by atoms with van der Waals surface area (Å²) < 4.78 is 7.63. The molecular formula is C21H20N4O3S. The highest BCUT2D eigenvalue weighted by atomic mass is 32.2. The van der Waals surface area contributed by atoms with Crippen molar-refractivity contribution in [2.45, 2.75) is 36.9 Å². The third kappa shape index (κ3) is 3.48. The van der Waals surface area contributed by atoms with Crippen LogP contribution in [0, 0.1) is 0 Å². The molecule has 1 aliphatic carbocycles. The largest absolute Gasteiger partial charge is 0.467 e. The first-order valence-electron chi connectivity index (χ1n) is 9.76. The average Bonchev–Trinajstić information content (AvgIpc) is 3.21. The molecule has 1 saturated carbocycles. The molecule has 2 aromatic heterocycles. The fourth-order valence-electron chi connectivity index (χ4n) is 3.59. The van der Waals surface area contributed by atoms with Crippen molar-refractivity contribution in [1.29, 1.82) is 0 Å². The van der Waals surface area contributed by atoms with Gasteiger partial charge in [-0.2, -0.15) is 0 Å². The second-order valence-electron chi connectivity index (χ2n) is 7.29. The second kappa shape index (κ2) is 7.51. The Balaban J connectivity index is 1.22. The Labute approximate surface area is 172 Å². The van der Waals surface area contributed by atoms with Crippen LogP contribution in [-0.2, 0) is 6.54 Å². The van der Waals surface area contributed by atoms with Crippen LogP contribution in [0.3, 0.4) is 0 Å². The molecule has 2 amide bonds. The fraction of sp³-hybridized carbons (Fsp3) is 0.333. The third-order valence-corrected chi connectivity index (χ3v) is 6.27. The minimum absolute atomic E-state index is 0.201. The van der Waals surface area contributed by atoms with Crippen molar-refractivity contribution in [3.8, 4) is 0 Å². The van der Waals surface area contributed by atoms with Crippen LogP contribution in [0.5, 0.6) is 0 Å². The van der Waals surface area contributed by atoms with Gasteiger partial charge in [-0.15, -0.1) is 10.2 Å². The van der Waals surface area contributed by atoms with Gasteiger partial charge in [0.05, 0.1) is 23.9 Å². The lowest BCUT2D eigenvalue weighted by Crippen LogP contribution is -2.31. The summed E-state index contributed by atoms with van der Waals surface area (Å²) in [4.78, 5) is 26.2. The Bertz CT molecular complexity index is 1020. The number of hydrogen-bond acceptors (Lipinski definition) is 6. The Morgan fingerprint density at radius 3 is 2.45 bits per heavy atom. The number of aromatic nitrogens is 3. The Kier molecular flexibility index (Phi) is 4.71. The highest BCUT2D eigenvalue weighted by Gasteiger charge is 2.34. The standard InChI is InChI=1S/C21H20N4O3S/c26-19-16-6-1-2-7-17(16)20(27)24(19)10-4-12-29-21-23-22-18(14-8-9-14)25(21)13-15-5-3-11-28-15/h1-3,5-7,11,14H,4,8-10,12-13H2. The highest BCUT2D eigenvalue weighted by molar-refractivity contribution is 7.99. The van der Waals surface area contributed by atoms with E-state index in [1.807, 2.05) is 12.1 Å². The normalized spacial score (nSPS) is 15.9. The van der Waals surface area contributed by atoms with Crippen molar-refractivity contribution in [3.05, 3.63) is 65.4 Å². The van der Waals surface area contributed by atoms with Crippen LogP contribution in [0.2, 0.25) is 0 Å². The minimum atomic E-state index is -0.201. The van der Waals surface area contributed by atoms with Gasteiger partial charge in [-0.25, -0.2) is 0 Å². The number of thioether (sulfide) groups is 1.